The zero-order chi connectivity index (χ0) is 22.5. The van der Waals surface area contributed by atoms with Crippen LogP contribution in [-0.4, -0.2) is 47.6 Å². The van der Waals surface area contributed by atoms with Crippen LogP contribution in [0.2, 0.25) is 0 Å². The first-order chi connectivity index (χ1) is 14.5. The highest BCUT2D eigenvalue weighted by Gasteiger charge is 2.24. The lowest BCUT2D eigenvalue weighted by Crippen LogP contribution is -2.38. The minimum absolute atomic E-state index is 0.271. The predicted octanol–water partition coefficient (Wildman–Crippen LogP) is 5.08. The normalized spacial score (nSPS) is 13.1. The number of carbonyl (C=O) groups excluding carboxylic acids is 2. The van der Waals surface area contributed by atoms with E-state index in [1.54, 1.807) is 0 Å². The number of hydrogen-bond donors (Lipinski definition) is 2. The van der Waals surface area contributed by atoms with Crippen LogP contribution in [0.15, 0.2) is 0 Å². The summed E-state index contributed by atoms with van der Waals surface area (Å²) >= 11 is 0. The van der Waals surface area contributed by atoms with Crippen molar-refractivity contribution in [1.29, 1.82) is 0 Å². The van der Waals surface area contributed by atoms with E-state index in [-0.39, 0.29) is 19.0 Å². The van der Waals surface area contributed by atoms with Crippen molar-refractivity contribution >= 4 is 11.9 Å². The van der Waals surface area contributed by atoms with Gasteiger partial charge < -0.3 is 19.7 Å². The lowest BCUT2D eigenvalue weighted by Gasteiger charge is -2.21. The van der Waals surface area contributed by atoms with Gasteiger partial charge in [-0.1, -0.05) is 90.9 Å². The maximum absolute atomic E-state index is 11.9. The Morgan fingerprint density at radius 1 is 0.700 bits per heavy atom. The highest BCUT2D eigenvalue weighted by atomic mass is 16.6. The van der Waals surface area contributed by atoms with Crippen molar-refractivity contribution in [3.05, 3.63) is 0 Å². The molecule has 0 amide bonds. The van der Waals surface area contributed by atoms with Crippen molar-refractivity contribution < 1.29 is 29.3 Å². The van der Waals surface area contributed by atoms with Gasteiger partial charge in [0.2, 0.25) is 0 Å². The van der Waals surface area contributed by atoms with E-state index < -0.39 is 24.8 Å². The summed E-state index contributed by atoms with van der Waals surface area (Å²) in [7, 11) is 0. The lowest BCUT2D eigenvalue weighted by atomic mass is 10.1. The standard InChI is InChI=1S/C24H46O6/c1-3-5-7-9-11-12-14-15-17-23(27)29-20-21(26)22(19-25)30-24(28)18-16-13-10-8-6-4-2/h21-22,25-26H,3-20H2,1-2H3. The van der Waals surface area contributed by atoms with Crippen LogP contribution >= 0.6 is 0 Å². The molecule has 6 nitrogen and oxygen atoms in total. The number of aliphatic hydroxyl groups is 2. The van der Waals surface area contributed by atoms with Crippen molar-refractivity contribution in [3.8, 4) is 0 Å². The topological polar surface area (TPSA) is 93.1 Å². The molecule has 2 unspecified atom stereocenters. The maximum Gasteiger partial charge on any atom is 0.306 e. The fraction of sp³-hybridized carbons (Fsp3) is 0.917. The molecule has 6 heteroatoms. The summed E-state index contributed by atoms with van der Waals surface area (Å²) in [5.74, 6) is -0.802. The first-order valence-electron chi connectivity index (χ1n) is 12.2. The van der Waals surface area contributed by atoms with Gasteiger partial charge in [-0.2, -0.15) is 0 Å². The summed E-state index contributed by atoms with van der Waals surface area (Å²) in [6.07, 6.45) is 13.9. The summed E-state index contributed by atoms with van der Waals surface area (Å²) in [6.45, 7) is 3.58. The first-order valence-corrected chi connectivity index (χ1v) is 12.2. The van der Waals surface area contributed by atoms with Gasteiger partial charge in [0, 0.05) is 12.8 Å². The van der Waals surface area contributed by atoms with E-state index in [0.717, 1.165) is 38.5 Å². The van der Waals surface area contributed by atoms with Gasteiger partial charge in [-0.3, -0.25) is 9.59 Å². The average Bonchev–Trinajstić information content (AvgIpc) is 2.74. The van der Waals surface area contributed by atoms with Crippen molar-refractivity contribution in [2.75, 3.05) is 13.2 Å². The van der Waals surface area contributed by atoms with Gasteiger partial charge in [0.05, 0.1) is 6.61 Å². The Morgan fingerprint density at radius 2 is 1.13 bits per heavy atom. The van der Waals surface area contributed by atoms with Crippen LogP contribution in [0, 0.1) is 0 Å². The van der Waals surface area contributed by atoms with Gasteiger partial charge in [-0.05, 0) is 12.8 Å². The highest BCUT2D eigenvalue weighted by Crippen LogP contribution is 2.11. The van der Waals surface area contributed by atoms with Gasteiger partial charge >= 0.3 is 11.9 Å². The molecule has 30 heavy (non-hydrogen) atoms. The van der Waals surface area contributed by atoms with Crippen LogP contribution in [0.1, 0.15) is 117 Å². The van der Waals surface area contributed by atoms with Gasteiger partial charge in [-0.25, -0.2) is 0 Å². The molecule has 2 N–H and O–H groups in total. The van der Waals surface area contributed by atoms with Crippen LogP contribution in [0.25, 0.3) is 0 Å². The van der Waals surface area contributed by atoms with Crippen LogP contribution in [-0.2, 0) is 19.1 Å². The van der Waals surface area contributed by atoms with E-state index in [4.69, 9.17) is 9.47 Å². The largest absolute Gasteiger partial charge is 0.463 e. The van der Waals surface area contributed by atoms with Crippen molar-refractivity contribution in [2.24, 2.45) is 0 Å². The van der Waals surface area contributed by atoms with E-state index >= 15 is 0 Å². The molecule has 0 saturated heterocycles. The van der Waals surface area contributed by atoms with E-state index in [1.165, 1.54) is 51.4 Å². The lowest BCUT2D eigenvalue weighted by molar-refractivity contribution is -0.164. The molecule has 0 saturated carbocycles. The zero-order valence-corrected chi connectivity index (χ0v) is 19.4. The summed E-state index contributed by atoms with van der Waals surface area (Å²) in [5.41, 5.74) is 0. The molecule has 178 valence electrons. The molecular weight excluding hydrogens is 384 g/mol. The van der Waals surface area contributed by atoms with Crippen molar-refractivity contribution in [1.82, 2.24) is 0 Å². The van der Waals surface area contributed by atoms with Crippen molar-refractivity contribution in [2.45, 2.75) is 129 Å². The fourth-order valence-corrected chi connectivity index (χ4v) is 3.28. The van der Waals surface area contributed by atoms with E-state index in [0.29, 0.717) is 6.42 Å². The second kappa shape index (κ2) is 21.1. The number of carbonyl (C=O) groups is 2. The van der Waals surface area contributed by atoms with Crippen molar-refractivity contribution in [3.63, 3.8) is 0 Å². The average molecular weight is 431 g/mol. The molecule has 0 rings (SSSR count). The molecule has 0 spiro atoms. The third kappa shape index (κ3) is 17.7. The third-order valence-electron chi connectivity index (χ3n) is 5.28. The Morgan fingerprint density at radius 3 is 1.60 bits per heavy atom. The molecule has 0 aromatic carbocycles. The number of ether oxygens (including phenoxy) is 2. The molecule has 0 aliphatic carbocycles. The molecule has 2 atom stereocenters. The fourth-order valence-electron chi connectivity index (χ4n) is 3.28. The number of rotatable bonds is 21. The molecule has 0 heterocycles. The molecule has 0 fully saturated rings. The van der Waals surface area contributed by atoms with E-state index in [9.17, 15) is 19.8 Å². The molecule has 0 aromatic rings. The van der Waals surface area contributed by atoms with Crippen LogP contribution in [0.3, 0.4) is 0 Å². The summed E-state index contributed by atoms with van der Waals surface area (Å²) < 4.78 is 10.2. The quantitative estimate of drug-likeness (QED) is 0.195. The molecule has 0 aromatic heterocycles. The molecular formula is C24H46O6. The Bertz CT molecular complexity index is 413. The molecule has 0 aliphatic rings. The number of esters is 2. The van der Waals surface area contributed by atoms with Crippen LogP contribution in [0.4, 0.5) is 0 Å². The monoisotopic (exact) mass is 430 g/mol. The molecule has 0 aliphatic heterocycles. The van der Waals surface area contributed by atoms with Gasteiger partial charge in [-0.15, -0.1) is 0 Å². The third-order valence-corrected chi connectivity index (χ3v) is 5.28. The summed E-state index contributed by atoms with van der Waals surface area (Å²) in [4.78, 5) is 23.7. The minimum atomic E-state index is -1.22. The second-order valence-corrected chi connectivity index (χ2v) is 8.20. The number of unbranched alkanes of at least 4 members (excludes halogenated alkanes) is 12. The van der Waals surface area contributed by atoms with Crippen LogP contribution in [0.5, 0.6) is 0 Å². The van der Waals surface area contributed by atoms with Crippen LogP contribution < -0.4 is 0 Å². The van der Waals surface area contributed by atoms with E-state index in [2.05, 4.69) is 13.8 Å². The Kier molecular flexibility index (Phi) is 20.3. The molecule has 0 radical (unpaired) electrons. The summed E-state index contributed by atoms with van der Waals surface area (Å²) in [6, 6.07) is 0. The second-order valence-electron chi connectivity index (χ2n) is 8.20. The van der Waals surface area contributed by atoms with Gasteiger partial charge in [0.1, 0.15) is 12.7 Å². The summed E-state index contributed by atoms with van der Waals surface area (Å²) in [5, 5.41) is 19.5. The molecule has 0 bridgehead atoms. The first kappa shape index (κ1) is 28.9. The zero-order valence-electron chi connectivity index (χ0n) is 19.4. The predicted molar refractivity (Wildman–Crippen MR) is 119 cm³/mol. The Hall–Kier alpha value is -1.14. The van der Waals surface area contributed by atoms with Gasteiger partial charge in [0.25, 0.3) is 0 Å². The van der Waals surface area contributed by atoms with Gasteiger partial charge in [0.15, 0.2) is 6.10 Å². The number of aliphatic hydroxyl groups excluding tert-OH is 2. The smallest absolute Gasteiger partial charge is 0.306 e. The number of hydrogen-bond acceptors (Lipinski definition) is 6. The highest BCUT2D eigenvalue weighted by molar-refractivity contribution is 5.70. The maximum atomic E-state index is 11.9. The Labute approximate surface area is 183 Å². The minimum Gasteiger partial charge on any atom is -0.463 e. The Balaban J connectivity index is 3.82. The SMILES string of the molecule is CCCCCCCCCCC(=O)OCC(O)C(CO)OC(=O)CCCCCCCC. The van der Waals surface area contributed by atoms with E-state index in [1.807, 2.05) is 0 Å².